The van der Waals surface area contributed by atoms with Gasteiger partial charge in [-0.1, -0.05) is 36.4 Å². The quantitative estimate of drug-likeness (QED) is 0.238. The van der Waals surface area contributed by atoms with Crippen molar-refractivity contribution in [2.24, 2.45) is 5.92 Å². The Balaban J connectivity index is 1.57. The topological polar surface area (TPSA) is 92.5 Å². The zero-order valence-electron chi connectivity index (χ0n) is 17.7. The van der Waals surface area contributed by atoms with Crippen LogP contribution in [-0.2, 0) is 0 Å². The van der Waals surface area contributed by atoms with Gasteiger partial charge >= 0.3 is 5.97 Å². The molecule has 0 amide bonds. The van der Waals surface area contributed by atoms with Gasteiger partial charge in [0, 0.05) is 17.2 Å². The number of benzene rings is 3. The lowest BCUT2D eigenvalue weighted by Gasteiger charge is -2.39. The van der Waals surface area contributed by atoms with Crippen molar-refractivity contribution < 1.29 is 19.2 Å². The second kappa shape index (κ2) is 8.92. The molecule has 1 fully saturated rings. The fourth-order valence-corrected chi connectivity index (χ4v) is 7.14. The van der Waals surface area contributed by atoms with E-state index in [1.165, 1.54) is 30.0 Å². The SMILES string of the molecule is O=C(O)c1cccc2c1NC(c1ccc(F)cc1)C1CC(Sc3ccccc3[N+](=O)[O-])C(Cl)C21. The number of carboxylic acids is 1. The summed E-state index contributed by atoms with van der Waals surface area (Å²) in [4.78, 5) is 23.6. The number of halogens is 2. The zero-order valence-corrected chi connectivity index (χ0v) is 19.3. The van der Waals surface area contributed by atoms with Gasteiger partial charge in [-0.3, -0.25) is 10.1 Å². The standard InChI is InChI=1S/C25H20ClFN2O4S/c26-22-20(34-19-7-2-1-6-18(19)29(32)33)12-17-21(22)15-4-3-5-16(25(30)31)24(15)28-23(17)13-8-10-14(27)11-9-13/h1-11,17,20-23,28H,12H2,(H,30,31). The number of aromatic carboxylic acids is 1. The molecule has 1 heterocycles. The summed E-state index contributed by atoms with van der Waals surface area (Å²) < 4.78 is 13.6. The Hall–Kier alpha value is -3.10. The number of fused-ring (bicyclic) bond motifs is 3. The molecular weight excluding hydrogens is 479 g/mol. The highest BCUT2D eigenvalue weighted by atomic mass is 35.5. The van der Waals surface area contributed by atoms with Crippen LogP contribution in [0.1, 0.15) is 39.9 Å². The molecular formula is C25H20ClFN2O4S. The Morgan fingerprint density at radius 2 is 1.85 bits per heavy atom. The third-order valence-corrected chi connectivity index (χ3v) is 8.76. The summed E-state index contributed by atoms with van der Waals surface area (Å²) in [7, 11) is 0. The molecule has 0 bridgehead atoms. The van der Waals surface area contributed by atoms with Gasteiger partial charge in [0.1, 0.15) is 5.82 Å². The first-order chi connectivity index (χ1) is 16.3. The molecule has 5 unspecified atom stereocenters. The first kappa shape index (κ1) is 22.7. The van der Waals surface area contributed by atoms with Gasteiger partial charge < -0.3 is 10.4 Å². The van der Waals surface area contributed by atoms with Crippen LogP contribution in [0.4, 0.5) is 15.8 Å². The van der Waals surface area contributed by atoms with Gasteiger partial charge in [-0.25, -0.2) is 9.18 Å². The van der Waals surface area contributed by atoms with Crippen LogP contribution in [-0.4, -0.2) is 26.6 Å². The number of alkyl halides is 1. The van der Waals surface area contributed by atoms with Crippen LogP contribution in [0.3, 0.4) is 0 Å². The number of anilines is 1. The molecule has 9 heteroatoms. The highest BCUT2D eigenvalue weighted by molar-refractivity contribution is 8.00. The number of nitro groups is 1. The van der Waals surface area contributed by atoms with Gasteiger partial charge in [-0.15, -0.1) is 23.4 Å². The minimum absolute atomic E-state index is 0.00947. The van der Waals surface area contributed by atoms with Gasteiger partial charge in [0.05, 0.1) is 32.5 Å². The number of para-hydroxylation sites is 2. The van der Waals surface area contributed by atoms with E-state index in [0.29, 0.717) is 17.0 Å². The third-order valence-electron chi connectivity index (χ3n) is 6.65. The third kappa shape index (κ3) is 3.91. The number of rotatable bonds is 5. The van der Waals surface area contributed by atoms with Gasteiger partial charge in [0.25, 0.3) is 5.69 Å². The average Bonchev–Trinajstić information content (AvgIpc) is 3.15. The molecule has 6 nitrogen and oxygen atoms in total. The maximum atomic E-state index is 13.6. The highest BCUT2D eigenvalue weighted by Crippen LogP contribution is 2.58. The molecule has 0 saturated heterocycles. The van der Waals surface area contributed by atoms with E-state index in [1.807, 2.05) is 6.07 Å². The average molecular weight is 499 g/mol. The van der Waals surface area contributed by atoms with Crippen LogP contribution in [0.15, 0.2) is 71.6 Å². The Kier molecular flexibility index (Phi) is 5.95. The number of hydrogen-bond donors (Lipinski definition) is 2. The van der Waals surface area contributed by atoms with Crippen molar-refractivity contribution in [2.75, 3.05) is 5.32 Å². The monoisotopic (exact) mass is 498 g/mol. The summed E-state index contributed by atoms with van der Waals surface area (Å²) in [5, 5.41) is 24.2. The van der Waals surface area contributed by atoms with E-state index >= 15 is 0 Å². The van der Waals surface area contributed by atoms with Crippen LogP contribution in [0.25, 0.3) is 0 Å². The van der Waals surface area contributed by atoms with Crippen molar-refractivity contribution in [3.8, 4) is 0 Å². The molecule has 3 aromatic rings. The molecule has 1 aliphatic heterocycles. The number of nitro benzene ring substituents is 1. The van der Waals surface area contributed by atoms with Crippen molar-refractivity contribution in [1.29, 1.82) is 0 Å². The largest absolute Gasteiger partial charge is 0.478 e. The molecule has 34 heavy (non-hydrogen) atoms. The van der Waals surface area contributed by atoms with Crippen molar-refractivity contribution in [3.63, 3.8) is 0 Å². The second-order valence-electron chi connectivity index (χ2n) is 8.50. The maximum absolute atomic E-state index is 13.6. The Morgan fingerprint density at radius 1 is 1.12 bits per heavy atom. The first-order valence-electron chi connectivity index (χ1n) is 10.8. The van der Waals surface area contributed by atoms with Gasteiger partial charge in [-0.2, -0.15) is 0 Å². The summed E-state index contributed by atoms with van der Waals surface area (Å²) in [6.45, 7) is 0. The number of hydrogen-bond acceptors (Lipinski definition) is 5. The fourth-order valence-electron chi connectivity index (χ4n) is 5.19. The first-order valence-corrected chi connectivity index (χ1v) is 12.1. The van der Waals surface area contributed by atoms with E-state index in [2.05, 4.69) is 5.32 Å². The molecule has 0 aromatic heterocycles. The van der Waals surface area contributed by atoms with Crippen molar-refractivity contribution in [2.45, 2.75) is 33.9 Å². The molecule has 2 aliphatic rings. The number of thioether (sulfide) groups is 1. The van der Waals surface area contributed by atoms with E-state index < -0.39 is 10.9 Å². The molecule has 0 spiro atoms. The maximum Gasteiger partial charge on any atom is 0.337 e. The summed E-state index contributed by atoms with van der Waals surface area (Å²) in [6.07, 6.45) is 0.654. The number of nitrogens with one attached hydrogen (secondary N) is 1. The molecule has 0 radical (unpaired) electrons. The van der Waals surface area contributed by atoms with E-state index in [-0.39, 0.29) is 45.6 Å². The van der Waals surface area contributed by atoms with Gasteiger partial charge in [0.2, 0.25) is 0 Å². The fraction of sp³-hybridized carbons (Fsp3) is 0.240. The lowest BCUT2D eigenvalue weighted by atomic mass is 9.76. The molecule has 3 aromatic carbocycles. The van der Waals surface area contributed by atoms with E-state index in [9.17, 15) is 24.4 Å². The normalized spacial score (nSPS) is 25.2. The summed E-state index contributed by atoms with van der Waals surface area (Å²) in [5.41, 5.74) is 2.37. The lowest BCUT2D eigenvalue weighted by Crippen LogP contribution is -2.32. The molecule has 2 N–H and O–H groups in total. The Morgan fingerprint density at radius 3 is 2.56 bits per heavy atom. The van der Waals surface area contributed by atoms with Crippen molar-refractivity contribution in [1.82, 2.24) is 0 Å². The van der Waals surface area contributed by atoms with Crippen LogP contribution in [0.2, 0.25) is 0 Å². The summed E-state index contributed by atoms with van der Waals surface area (Å²) >= 11 is 8.43. The second-order valence-corrected chi connectivity index (χ2v) is 10.3. The molecule has 174 valence electrons. The van der Waals surface area contributed by atoms with Crippen LogP contribution < -0.4 is 5.32 Å². The molecule has 1 aliphatic carbocycles. The van der Waals surface area contributed by atoms with Crippen LogP contribution in [0.5, 0.6) is 0 Å². The highest BCUT2D eigenvalue weighted by Gasteiger charge is 2.51. The van der Waals surface area contributed by atoms with E-state index in [1.54, 1.807) is 42.5 Å². The molecule has 5 rings (SSSR count). The van der Waals surface area contributed by atoms with E-state index in [4.69, 9.17) is 11.6 Å². The van der Waals surface area contributed by atoms with Crippen molar-refractivity contribution in [3.05, 3.63) is 99.4 Å². The Bertz CT molecular complexity index is 1270. The number of carboxylic acid groups (broad SMARTS) is 1. The van der Waals surface area contributed by atoms with Crippen molar-refractivity contribution >= 4 is 40.7 Å². The van der Waals surface area contributed by atoms with Gasteiger partial charge in [-0.05, 0) is 47.7 Å². The molecule has 1 saturated carbocycles. The summed E-state index contributed by atoms with van der Waals surface area (Å²) in [5.74, 6) is -1.58. The predicted octanol–water partition coefficient (Wildman–Crippen LogP) is 6.47. The van der Waals surface area contributed by atoms with Gasteiger partial charge in [0.15, 0.2) is 0 Å². The minimum atomic E-state index is -1.05. The Labute approximate surface area is 204 Å². The number of nitrogens with zero attached hydrogens (tertiary/aromatic N) is 1. The van der Waals surface area contributed by atoms with Crippen LogP contribution >= 0.6 is 23.4 Å². The minimum Gasteiger partial charge on any atom is -0.478 e. The smallest absolute Gasteiger partial charge is 0.337 e. The zero-order chi connectivity index (χ0) is 24.0. The molecule has 5 atom stereocenters. The lowest BCUT2D eigenvalue weighted by molar-refractivity contribution is -0.387. The van der Waals surface area contributed by atoms with E-state index in [0.717, 1.165) is 11.1 Å². The summed E-state index contributed by atoms with van der Waals surface area (Å²) in [6, 6.07) is 17.6. The van der Waals surface area contributed by atoms with Crippen LogP contribution in [0, 0.1) is 21.8 Å². The predicted molar refractivity (Wildman–Crippen MR) is 129 cm³/mol. The number of carbonyl (C=O) groups is 1.